The number of carbonyl (C=O) groups excluding carboxylic acids is 1. The Bertz CT molecular complexity index is 290. The maximum absolute atomic E-state index is 11.7. The molecule has 2 rings (SSSR count). The molecule has 0 unspecified atom stereocenters. The summed E-state index contributed by atoms with van der Waals surface area (Å²) >= 11 is 0. The SMILES string of the molecule is O=C(Cn1ccnc1)N1CCNCC1. The molecule has 76 valence electrons. The molecule has 0 saturated carbocycles. The maximum atomic E-state index is 11.7. The van der Waals surface area contributed by atoms with Crippen LogP contribution in [0.15, 0.2) is 18.7 Å². The highest BCUT2D eigenvalue weighted by molar-refractivity contribution is 5.76. The molecule has 14 heavy (non-hydrogen) atoms. The summed E-state index contributed by atoms with van der Waals surface area (Å²) in [4.78, 5) is 17.5. The fraction of sp³-hybridized carbons (Fsp3) is 0.556. The van der Waals surface area contributed by atoms with E-state index in [0.29, 0.717) is 6.54 Å². The molecule has 0 radical (unpaired) electrons. The molecule has 5 nitrogen and oxygen atoms in total. The van der Waals surface area contributed by atoms with Gasteiger partial charge in [0, 0.05) is 38.6 Å². The minimum Gasteiger partial charge on any atom is -0.339 e. The van der Waals surface area contributed by atoms with Crippen molar-refractivity contribution in [3.8, 4) is 0 Å². The molecule has 1 aliphatic rings. The standard InChI is InChI=1S/C9H14N4O/c14-9(7-12-4-1-11-8-12)13-5-2-10-3-6-13/h1,4,8,10H,2-3,5-7H2. The van der Waals surface area contributed by atoms with E-state index in [1.165, 1.54) is 0 Å². The van der Waals surface area contributed by atoms with E-state index in [4.69, 9.17) is 0 Å². The van der Waals surface area contributed by atoms with Gasteiger partial charge in [-0.15, -0.1) is 0 Å². The lowest BCUT2D eigenvalue weighted by molar-refractivity contribution is -0.132. The topological polar surface area (TPSA) is 50.2 Å². The van der Waals surface area contributed by atoms with E-state index in [9.17, 15) is 4.79 Å². The summed E-state index contributed by atoms with van der Waals surface area (Å²) in [5.41, 5.74) is 0. The van der Waals surface area contributed by atoms with Crippen LogP contribution in [0.1, 0.15) is 0 Å². The number of carbonyl (C=O) groups is 1. The van der Waals surface area contributed by atoms with Crippen molar-refractivity contribution < 1.29 is 4.79 Å². The predicted octanol–water partition coefficient (Wildman–Crippen LogP) is -0.685. The van der Waals surface area contributed by atoms with Gasteiger partial charge < -0.3 is 14.8 Å². The van der Waals surface area contributed by atoms with Crippen molar-refractivity contribution in [2.45, 2.75) is 6.54 Å². The summed E-state index contributed by atoms with van der Waals surface area (Å²) in [5, 5.41) is 3.22. The van der Waals surface area contributed by atoms with E-state index in [2.05, 4.69) is 10.3 Å². The molecule has 5 heteroatoms. The van der Waals surface area contributed by atoms with E-state index in [0.717, 1.165) is 26.2 Å². The van der Waals surface area contributed by atoms with Gasteiger partial charge in [0.15, 0.2) is 0 Å². The summed E-state index contributed by atoms with van der Waals surface area (Å²) < 4.78 is 1.80. The average Bonchev–Trinajstić information content (AvgIpc) is 2.72. The third-order valence-electron chi connectivity index (χ3n) is 2.35. The Morgan fingerprint density at radius 3 is 2.86 bits per heavy atom. The Morgan fingerprint density at radius 1 is 1.43 bits per heavy atom. The Hall–Kier alpha value is -1.36. The maximum Gasteiger partial charge on any atom is 0.242 e. The van der Waals surface area contributed by atoms with Crippen LogP contribution in [0.25, 0.3) is 0 Å². The highest BCUT2D eigenvalue weighted by atomic mass is 16.2. The second kappa shape index (κ2) is 4.23. The number of piperazine rings is 1. The van der Waals surface area contributed by atoms with Gasteiger partial charge in [-0.2, -0.15) is 0 Å². The zero-order chi connectivity index (χ0) is 9.80. The number of hydrogen-bond donors (Lipinski definition) is 1. The van der Waals surface area contributed by atoms with E-state index < -0.39 is 0 Å². The highest BCUT2D eigenvalue weighted by Crippen LogP contribution is 1.96. The van der Waals surface area contributed by atoms with Crippen molar-refractivity contribution in [3.63, 3.8) is 0 Å². The van der Waals surface area contributed by atoms with Gasteiger partial charge in [-0.05, 0) is 0 Å². The van der Waals surface area contributed by atoms with Crippen LogP contribution in [0.4, 0.5) is 0 Å². The first-order chi connectivity index (χ1) is 6.86. The third kappa shape index (κ3) is 2.11. The molecule has 1 aromatic heterocycles. The Morgan fingerprint density at radius 2 is 2.21 bits per heavy atom. The molecule has 1 saturated heterocycles. The van der Waals surface area contributed by atoms with Crippen LogP contribution in [0.5, 0.6) is 0 Å². The fourth-order valence-electron chi connectivity index (χ4n) is 1.55. The van der Waals surface area contributed by atoms with E-state index in [1.807, 2.05) is 4.90 Å². The Kier molecular flexibility index (Phi) is 2.78. The molecular weight excluding hydrogens is 180 g/mol. The molecule has 1 N–H and O–H groups in total. The first kappa shape index (κ1) is 9.21. The molecule has 1 amide bonds. The van der Waals surface area contributed by atoms with Crippen LogP contribution in [0.2, 0.25) is 0 Å². The number of amides is 1. The normalized spacial score (nSPS) is 17.0. The monoisotopic (exact) mass is 194 g/mol. The molecule has 1 aliphatic heterocycles. The number of rotatable bonds is 2. The second-order valence-electron chi connectivity index (χ2n) is 3.37. The van der Waals surface area contributed by atoms with Gasteiger partial charge in [0.1, 0.15) is 6.54 Å². The molecule has 0 bridgehead atoms. The summed E-state index contributed by atoms with van der Waals surface area (Å²) in [5.74, 6) is 0.171. The van der Waals surface area contributed by atoms with Crippen molar-refractivity contribution in [3.05, 3.63) is 18.7 Å². The molecule has 1 fully saturated rings. The fourth-order valence-corrected chi connectivity index (χ4v) is 1.55. The Balaban J connectivity index is 1.88. The quantitative estimate of drug-likeness (QED) is 0.678. The van der Waals surface area contributed by atoms with E-state index >= 15 is 0 Å². The first-order valence-electron chi connectivity index (χ1n) is 4.80. The van der Waals surface area contributed by atoms with Gasteiger partial charge in [0.2, 0.25) is 5.91 Å². The first-order valence-corrected chi connectivity index (χ1v) is 4.80. The molecular formula is C9H14N4O. The van der Waals surface area contributed by atoms with E-state index in [-0.39, 0.29) is 5.91 Å². The third-order valence-corrected chi connectivity index (χ3v) is 2.35. The minimum absolute atomic E-state index is 0.171. The van der Waals surface area contributed by atoms with Crippen molar-refractivity contribution in [2.75, 3.05) is 26.2 Å². The summed E-state index contributed by atoms with van der Waals surface area (Å²) in [6.07, 6.45) is 5.16. The second-order valence-corrected chi connectivity index (χ2v) is 3.37. The van der Waals surface area contributed by atoms with Crippen LogP contribution in [0.3, 0.4) is 0 Å². The number of nitrogens with zero attached hydrogens (tertiary/aromatic N) is 3. The van der Waals surface area contributed by atoms with Gasteiger partial charge in [-0.1, -0.05) is 0 Å². The molecule has 2 heterocycles. The number of aromatic nitrogens is 2. The lowest BCUT2D eigenvalue weighted by Crippen LogP contribution is -2.47. The van der Waals surface area contributed by atoms with Crippen LogP contribution in [-0.4, -0.2) is 46.5 Å². The van der Waals surface area contributed by atoms with Crippen molar-refractivity contribution >= 4 is 5.91 Å². The van der Waals surface area contributed by atoms with Gasteiger partial charge in [0.25, 0.3) is 0 Å². The molecule has 1 aromatic rings. The smallest absolute Gasteiger partial charge is 0.242 e. The van der Waals surface area contributed by atoms with Gasteiger partial charge >= 0.3 is 0 Å². The van der Waals surface area contributed by atoms with Crippen LogP contribution >= 0.6 is 0 Å². The molecule has 0 aliphatic carbocycles. The van der Waals surface area contributed by atoms with Crippen LogP contribution < -0.4 is 5.32 Å². The summed E-state index contributed by atoms with van der Waals surface area (Å²) in [7, 11) is 0. The average molecular weight is 194 g/mol. The molecule has 0 spiro atoms. The summed E-state index contributed by atoms with van der Waals surface area (Å²) in [6.45, 7) is 3.83. The lowest BCUT2D eigenvalue weighted by atomic mass is 10.3. The zero-order valence-corrected chi connectivity index (χ0v) is 8.02. The van der Waals surface area contributed by atoms with Gasteiger partial charge in [0.05, 0.1) is 6.33 Å². The molecule has 0 aromatic carbocycles. The van der Waals surface area contributed by atoms with Crippen molar-refractivity contribution in [1.29, 1.82) is 0 Å². The number of imidazole rings is 1. The predicted molar refractivity (Wildman–Crippen MR) is 51.7 cm³/mol. The highest BCUT2D eigenvalue weighted by Gasteiger charge is 2.15. The van der Waals surface area contributed by atoms with Gasteiger partial charge in [-0.25, -0.2) is 4.98 Å². The Labute approximate surface area is 82.7 Å². The number of hydrogen-bond acceptors (Lipinski definition) is 3. The van der Waals surface area contributed by atoms with E-state index in [1.54, 1.807) is 23.3 Å². The van der Waals surface area contributed by atoms with Crippen molar-refractivity contribution in [2.24, 2.45) is 0 Å². The van der Waals surface area contributed by atoms with Gasteiger partial charge in [-0.3, -0.25) is 4.79 Å². The minimum atomic E-state index is 0.171. The van der Waals surface area contributed by atoms with Crippen LogP contribution in [0, 0.1) is 0 Å². The largest absolute Gasteiger partial charge is 0.339 e. The van der Waals surface area contributed by atoms with Crippen LogP contribution in [-0.2, 0) is 11.3 Å². The molecule has 0 atom stereocenters. The number of nitrogens with one attached hydrogen (secondary N) is 1. The lowest BCUT2D eigenvalue weighted by Gasteiger charge is -2.27. The summed E-state index contributed by atoms with van der Waals surface area (Å²) in [6, 6.07) is 0. The zero-order valence-electron chi connectivity index (χ0n) is 8.02. The van der Waals surface area contributed by atoms with Crippen molar-refractivity contribution in [1.82, 2.24) is 19.8 Å².